The van der Waals surface area contributed by atoms with E-state index in [9.17, 15) is 19.2 Å². The predicted octanol–water partition coefficient (Wildman–Crippen LogP) is 1.14. The van der Waals surface area contributed by atoms with E-state index in [1.807, 2.05) is 28.1 Å². The normalized spacial score (nSPS) is 14.3. The van der Waals surface area contributed by atoms with Gasteiger partial charge in [-0.05, 0) is 70.7 Å². The van der Waals surface area contributed by atoms with E-state index in [0.717, 1.165) is 31.2 Å². The maximum Gasteiger partial charge on any atom is 0.255 e. The highest BCUT2D eigenvalue weighted by atomic mass is 16.2. The fourth-order valence-corrected chi connectivity index (χ4v) is 3.25. The molecule has 0 saturated carbocycles. The van der Waals surface area contributed by atoms with E-state index in [4.69, 9.17) is 0 Å². The lowest BCUT2D eigenvalue weighted by atomic mass is 10.0. The second kappa shape index (κ2) is 13.6. The summed E-state index contributed by atoms with van der Waals surface area (Å²) in [4.78, 5) is 48.5. The molecule has 1 aliphatic heterocycles. The Labute approximate surface area is 178 Å². The van der Waals surface area contributed by atoms with Crippen LogP contribution in [0.4, 0.5) is 0 Å². The number of nitrogens with one attached hydrogen (secondary N) is 3. The fourth-order valence-electron chi connectivity index (χ4n) is 3.25. The van der Waals surface area contributed by atoms with Crippen molar-refractivity contribution in [1.29, 1.82) is 0 Å². The topological polar surface area (TPSA) is 108 Å². The molecule has 0 radical (unpaired) electrons. The van der Waals surface area contributed by atoms with Gasteiger partial charge in [0.1, 0.15) is 12.6 Å². The van der Waals surface area contributed by atoms with Crippen LogP contribution in [0.2, 0.25) is 0 Å². The van der Waals surface area contributed by atoms with Crippen LogP contribution in [0.15, 0.2) is 18.2 Å². The van der Waals surface area contributed by atoms with E-state index < -0.39 is 6.04 Å². The van der Waals surface area contributed by atoms with Crippen molar-refractivity contribution in [2.75, 3.05) is 27.7 Å². The van der Waals surface area contributed by atoms with Crippen LogP contribution in [0.5, 0.6) is 0 Å². The lowest BCUT2D eigenvalue weighted by Gasteiger charge is -2.22. The largest absolute Gasteiger partial charge is 0.349 e. The highest BCUT2D eigenvalue weighted by molar-refractivity contribution is 6.02. The smallest absolute Gasteiger partial charge is 0.255 e. The first-order valence-electron chi connectivity index (χ1n) is 10.3. The van der Waals surface area contributed by atoms with Gasteiger partial charge < -0.3 is 30.4 Å². The molecule has 2 atom stereocenters. The molecule has 2 rings (SSSR count). The average molecular weight is 419 g/mol. The summed E-state index contributed by atoms with van der Waals surface area (Å²) in [6.07, 6.45) is 3.65. The van der Waals surface area contributed by atoms with Gasteiger partial charge in [0, 0.05) is 30.1 Å². The summed E-state index contributed by atoms with van der Waals surface area (Å²) in [5, 5.41) is 8.85. The molecule has 1 aromatic carbocycles. The second-order valence-corrected chi connectivity index (χ2v) is 7.22. The minimum Gasteiger partial charge on any atom is -0.349 e. The quantitative estimate of drug-likeness (QED) is 0.465. The molecule has 0 fully saturated rings. The number of amides is 2. The minimum atomic E-state index is -0.626. The number of hydrogen-bond donors (Lipinski definition) is 3. The van der Waals surface area contributed by atoms with Crippen molar-refractivity contribution in [1.82, 2.24) is 20.9 Å². The summed E-state index contributed by atoms with van der Waals surface area (Å²) in [6.45, 7) is 3.12. The van der Waals surface area contributed by atoms with Gasteiger partial charge in [-0.25, -0.2) is 0 Å². The Bertz CT molecular complexity index is 723. The molecule has 8 heteroatoms. The molecule has 2 unspecified atom stereocenters. The van der Waals surface area contributed by atoms with Crippen LogP contribution in [0.3, 0.4) is 0 Å². The van der Waals surface area contributed by atoms with Crippen molar-refractivity contribution >= 4 is 24.4 Å². The van der Waals surface area contributed by atoms with Crippen molar-refractivity contribution in [3.8, 4) is 0 Å². The zero-order valence-electron chi connectivity index (χ0n) is 18.4. The Morgan fingerprint density at radius 1 is 1.20 bits per heavy atom. The molecule has 8 nitrogen and oxygen atoms in total. The number of benzene rings is 1. The summed E-state index contributed by atoms with van der Waals surface area (Å²) < 4.78 is 0. The van der Waals surface area contributed by atoms with Gasteiger partial charge in [0.15, 0.2) is 0 Å². The average Bonchev–Trinajstić information content (AvgIpc) is 3.08. The van der Waals surface area contributed by atoms with Crippen LogP contribution in [-0.2, 0) is 16.1 Å². The Morgan fingerprint density at radius 3 is 2.47 bits per heavy atom. The minimum absolute atomic E-state index is 0.0825. The van der Waals surface area contributed by atoms with Gasteiger partial charge in [0.25, 0.3) is 11.8 Å². The maximum absolute atomic E-state index is 12.6. The van der Waals surface area contributed by atoms with E-state index in [1.54, 1.807) is 18.2 Å². The van der Waals surface area contributed by atoms with Gasteiger partial charge in [0.2, 0.25) is 0 Å². The maximum atomic E-state index is 12.6. The van der Waals surface area contributed by atoms with Gasteiger partial charge in [-0.1, -0.05) is 6.92 Å². The summed E-state index contributed by atoms with van der Waals surface area (Å²) in [5.41, 5.74) is 1.74. The first-order valence-corrected chi connectivity index (χ1v) is 10.3. The van der Waals surface area contributed by atoms with Crippen LogP contribution < -0.4 is 16.0 Å². The van der Waals surface area contributed by atoms with Crippen LogP contribution in [0.25, 0.3) is 0 Å². The van der Waals surface area contributed by atoms with E-state index in [-0.39, 0.29) is 30.8 Å². The summed E-state index contributed by atoms with van der Waals surface area (Å²) in [5.74, 6) is -0.403. The standard InChI is InChI=1S/C20H27N3O4.C2H7N/c1-3-16(8-9-21-2)22-19(26)14-6-7-18-15(11-14)12-23(20(18)27)17(13-25)5-4-10-24;1-3-2/h6-7,10-11,13,16-17,21H,3-5,8-9,12H2,1-2H3,(H,22,26);3H,1-2H3. The molecule has 1 aliphatic rings. The third-order valence-electron chi connectivity index (χ3n) is 4.91. The molecule has 0 aliphatic carbocycles. The Balaban J connectivity index is 0.00000141. The highest BCUT2D eigenvalue weighted by Crippen LogP contribution is 2.26. The molecule has 1 aromatic rings. The van der Waals surface area contributed by atoms with Crippen molar-refractivity contribution < 1.29 is 19.2 Å². The molecule has 0 aromatic heterocycles. The van der Waals surface area contributed by atoms with Crippen LogP contribution in [0.1, 0.15) is 58.9 Å². The number of hydrogen-bond acceptors (Lipinski definition) is 6. The van der Waals surface area contributed by atoms with Crippen molar-refractivity contribution in [3.05, 3.63) is 34.9 Å². The number of carbonyl (C=O) groups excluding carboxylic acids is 4. The monoisotopic (exact) mass is 418 g/mol. The molecule has 2 amide bonds. The second-order valence-electron chi connectivity index (χ2n) is 7.22. The predicted molar refractivity (Wildman–Crippen MR) is 117 cm³/mol. The molecular formula is C22H34N4O4. The van der Waals surface area contributed by atoms with Gasteiger partial charge >= 0.3 is 0 Å². The number of rotatable bonds is 11. The summed E-state index contributed by atoms with van der Waals surface area (Å²) >= 11 is 0. The number of aldehydes is 2. The Kier molecular flexibility index (Phi) is 11.5. The van der Waals surface area contributed by atoms with Crippen molar-refractivity contribution in [2.45, 2.75) is 51.2 Å². The lowest BCUT2D eigenvalue weighted by Crippen LogP contribution is -2.36. The van der Waals surface area contributed by atoms with Gasteiger partial charge in [0.05, 0.1) is 6.04 Å². The first kappa shape index (κ1) is 25.5. The number of carbonyl (C=O) groups is 4. The first-order chi connectivity index (χ1) is 14.5. The molecule has 1 heterocycles. The number of fused-ring (bicyclic) bond motifs is 1. The van der Waals surface area contributed by atoms with Crippen LogP contribution >= 0.6 is 0 Å². The third kappa shape index (κ3) is 7.03. The van der Waals surface area contributed by atoms with E-state index in [2.05, 4.69) is 16.0 Å². The molecule has 0 spiro atoms. The van der Waals surface area contributed by atoms with Gasteiger partial charge in [-0.15, -0.1) is 0 Å². The van der Waals surface area contributed by atoms with E-state index in [1.165, 1.54) is 4.90 Å². The van der Waals surface area contributed by atoms with Crippen molar-refractivity contribution in [2.24, 2.45) is 0 Å². The van der Waals surface area contributed by atoms with Gasteiger partial charge in [-0.2, -0.15) is 0 Å². The Morgan fingerprint density at radius 2 is 1.90 bits per heavy atom. The molecule has 3 N–H and O–H groups in total. The molecule has 166 valence electrons. The Hall–Kier alpha value is -2.58. The molecule has 30 heavy (non-hydrogen) atoms. The SMILES string of the molecule is CCC(CCNC)NC(=O)c1ccc2c(c1)CN(C(C=O)CCC=O)C2=O.CNC. The number of nitrogens with zero attached hydrogens (tertiary/aromatic N) is 1. The third-order valence-corrected chi connectivity index (χ3v) is 4.91. The highest BCUT2D eigenvalue weighted by Gasteiger charge is 2.32. The summed E-state index contributed by atoms with van der Waals surface area (Å²) in [6, 6.07) is 4.46. The lowest BCUT2D eigenvalue weighted by molar-refractivity contribution is -0.112. The van der Waals surface area contributed by atoms with Crippen LogP contribution in [0, 0.1) is 0 Å². The zero-order valence-corrected chi connectivity index (χ0v) is 18.4. The fraction of sp³-hybridized carbons (Fsp3) is 0.545. The molecule has 0 saturated heterocycles. The molecule has 0 bridgehead atoms. The van der Waals surface area contributed by atoms with Crippen molar-refractivity contribution in [3.63, 3.8) is 0 Å². The van der Waals surface area contributed by atoms with Gasteiger partial charge in [-0.3, -0.25) is 9.59 Å². The molecular weight excluding hydrogens is 384 g/mol. The van der Waals surface area contributed by atoms with E-state index in [0.29, 0.717) is 23.8 Å². The van der Waals surface area contributed by atoms with Crippen LogP contribution in [-0.4, -0.2) is 69.1 Å². The summed E-state index contributed by atoms with van der Waals surface area (Å²) in [7, 11) is 5.62. The zero-order chi connectivity index (χ0) is 22.5. The van der Waals surface area contributed by atoms with E-state index >= 15 is 0 Å².